The number of fused-ring (bicyclic) bond motifs is 1. The maximum absolute atomic E-state index is 13.0. The number of rotatable bonds is 3. The lowest BCUT2D eigenvalue weighted by Crippen LogP contribution is -2.57. The van der Waals surface area contributed by atoms with Crippen LogP contribution < -0.4 is 11.1 Å². The van der Waals surface area contributed by atoms with E-state index in [4.69, 9.17) is 17.3 Å². The van der Waals surface area contributed by atoms with Crippen LogP contribution in [0.3, 0.4) is 0 Å². The molecule has 1 aromatic carbocycles. The van der Waals surface area contributed by atoms with Crippen LogP contribution in [-0.2, 0) is 4.79 Å². The van der Waals surface area contributed by atoms with E-state index in [-0.39, 0.29) is 5.91 Å². The second-order valence-electron chi connectivity index (χ2n) is 6.79. The fourth-order valence-corrected chi connectivity index (χ4v) is 3.74. The molecule has 1 aliphatic rings. The third kappa shape index (κ3) is 3.61. The van der Waals surface area contributed by atoms with Crippen molar-refractivity contribution in [1.82, 2.24) is 10.3 Å². The molecule has 2 amide bonds. The Hall–Kier alpha value is -2.14. The van der Waals surface area contributed by atoms with Gasteiger partial charge in [-0.25, -0.2) is 0 Å². The van der Waals surface area contributed by atoms with Crippen molar-refractivity contribution >= 4 is 34.3 Å². The number of hydrogen-bond donors (Lipinski definition) is 2. The molecule has 3 rings (SSSR count). The molecule has 6 heteroatoms. The molecule has 1 heterocycles. The van der Waals surface area contributed by atoms with Gasteiger partial charge in [0.15, 0.2) is 0 Å². The smallest absolute Gasteiger partial charge is 0.252 e. The van der Waals surface area contributed by atoms with E-state index in [1.54, 1.807) is 24.3 Å². The molecule has 0 radical (unpaired) electrons. The zero-order chi connectivity index (χ0) is 18.0. The molecule has 1 aromatic heterocycles. The van der Waals surface area contributed by atoms with Crippen molar-refractivity contribution in [3.63, 3.8) is 0 Å². The predicted octanol–water partition coefficient (Wildman–Crippen LogP) is 3.50. The first-order valence-corrected chi connectivity index (χ1v) is 8.98. The van der Waals surface area contributed by atoms with Crippen LogP contribution in [0, 0.1) is 6.92 Å². The number of carbonyl (C=O) groups excluding carboxylic acids is 2. The molecule has 1 aliphatic carbocycles. The lowest BCUT2D eigenvalue weighted by Gasteiger charge is -2.30. The van der Waals surface area contributed by atoms with Gasteiger partial charge in [0.05, 0.1) is 11.1 Å². The van der Waals surface area contributed by atoms with Crippen LogP contribution in [0.1, 0.15) is 54.6 Å². The second kappa shape index (κ2) is 7.00. The van der Waals surface area contributed by atoms with Crippen molar-refractivity contribution in [3.05, 3.63) is 40.5 Å². The van der Waals surface area contributed by atoms with Gasteiger partial charge in [-0.2, -0.15) is 0 Å². The molecule has 0 unspecified atom stereocenters. The minimum Gasteiger partial charge on any atom is -0.368 e. The molecule has 0 spiro atoms. The first kappa shape index (κ1) is 17.7. The molecular formula is C19H22ClN3O2. The van der Waals surface area contributed by atoms with E-state index in [1.807, 2.05) is 6.92 Å². The standard InChI is InChI=1S/C19H22ClN3O2/c1-12-10-15(14-7-6-13(20)11-16(14)22-12)17(24)23-19(18(21)25)8-4-2-3-5-9-19/h6-7,10-11H,2-5,8-9H2,1H3,(H2,21,25)(H,23,24). The van der Waals surface area contributed by atoms with Gasteiger partial charge in [-0.15, -0.1) is 0 Å². The summed E-state index contributed by atoms with van der Waals surface area (Å²) in [6.07, 6.45) is 5.05. The Bertz CT molecular complexity index is 822. The predicted molar refractivity (Wildman–Crippen MR) is 98.6 cm³/mol. The van der Waals surface area contributed by atoms with Crippen LogP contribution >= 0.6 is 11.6 Å². The zero-order valence-corrected chi connectivity index (χ0v) is 15.0. The van der Waals surface area contributed by atoms with Gasteiger partial charge in [-0.05, 0) is 38.0 Å². The second-order valence-corrected chi connectivity index (χ2v) is 7.22. The number of aromatic nitrogens is 1. The van der Waals surface area contributed by atoms with Crippen molar-refractivity contribution < 1.29 is 9.59 Å². The van der Waals surface area contributed by atoms with E-state index >= 15 is 0 Å². The normalized spacial score (nSPS) is 17.0. The number of aryl methyl sites for hydroxylation is 1. The third-order valence-electron chi connectivity index (χ3n) is 4.93. The largest absolute Gasteiger partial charge is 0.368 e. The van der Waals surface area contributed by atoms with Crippen LogP contribution in [-0.4, -0.2) is 22.3 Å². The van der Waals surface area contributed by atoms with Gasteiger partial charge in [0.1, 0.15) is 5.54 Å². The van der Waals surface area contributed by atoms with Gasteiger partial charge in [-0.3, -0.25) is 14.6 Å². The summed E-state index contributed by atoms with van der Waals surface area (Å²) in [7, 11) is 0. The summed E-state index contributed by atoms with van der Waals surface area (Å²) in [5, 5.41) is 4.22. The Balaban J connectivity index is 2.00. The Morgan fingerprint density at radius 1 is 1.16 bits per heavy atom. The fraction of sp³-hybridized carbons (Fsp3) is 0.421. The van der Waals surface area contributed by atoms with E-state index in [0.29, 0.717) is 40.0 Å². The molecule has 2 aromatic rings. The van der Waals surface area contributed by atoms with Crippen molar-refractivity contribution in [2.24, 2.45) is 5.73 Å². The molecule has 3 N–H and O–H groups in total. The van der Waals surface area contributed by atoms with Crippen LogP contribution in [0.25, 0.3) is 10.9 Å². The Labute approximate surface area is 151 Å². The summed E-state index contributed by atoms with van der Waals surface area (Å²) in [6, 6.07) is 6.98. The summed E-state index contributed by atoms with van der Waals surface area (Å²) in [6.45, 7) is 1.83. The maximum atomic E-state index is 13.0. The highest BCUT2D eigenvalue weighted by Gasteiger charge is 2.38. The maximum Gasteiger partial charge on any atom is 0.252 e. The number of nitrogens with zero attached hydrogens (tertiary/aromatic N) is 1. The van der Waals surface area contributed by atoms with Gasteiger partial charge in [0.2, 0.25) is 5.91 Å². The minimum absolute atomic E-state index is 0.293. The van der Waals surface area contributed by atoms with Gasteiger partial charge in [0, 0.05) is 16.1 Å². The molecule has 1 saturated carbocycles. The average Bonchev–Trinajstić information content (AvgIpc) is 2.80. The van der Waals surface area contributed by atoms with Gasteiger partial charge in [0.25, 0.3) is 5.91 Å². The quantitative estimate of drug-likeness (QED) is 0.822. The van der Waals surface area contributed by atoms with E-state index in [2.05, 4.69) is 10.3 Å². The highest BCUT2D eigenvalue weighted by molar-refractivity contribution is 6.31. The van der Waals surface area contributed by atoms with Crippen LogP contribution in [0.2, 0.25) is 5.02 Å². The fourth-order valence-electron chi connectivity index (χ4n) is 3.57. The SMILES string of the molecule is Cc1cc(C(=O)NC2(C(N)=O)CCCCCC2)c2ccc(Cl)cc2n1. The Morgan fingerprint density at radius 3 is 2.48 bits per heavy atom. The molecule has 132 valence electrons. The summed E-state index contributed by atoms with van der Waals surface area (Å²) in [5.74, 6) is -0.751. The first-order valence-electron chi connectivity index (χ1n) is 8.61. The number of carbonyl (C=O) groups is 2. The molecular weight excluding hydrogens is 338 g/mol. The number of halogens is 1. The number of nitrogens with two attached hydrogens (primary N) is 1. The van der Waals surface area contributed by atoms with E-state index in [1.165, 1.54) is 0 Å². The van der Waals surface area contributed by atoms with Crippen LogP contribution in [0.4, 0.5) is 0 Å². The van der Waals surface area contributed by atoms with Crippen molar-refractivity contribution in [1.29, 1.82) is 0 Å². The van der Waals surface area contributed by atoms with Crippen LogP contribution in [0.15, 0.2) is 24.3 Å². The Kier molecular flexibility index (Phi) is 4.95. The lowest BCUT2D eigenvalue weighted by atomic mass is 9.88. The summed E-state index contributed by atoms with van der Waals surface area (Å²) in [5.41, 5.74) is 6.57. The Morgan fingerprint density at radius 2 is 1.84 bits per heavy atom. The number of primary amides is 1. The number of amides is 2. The number of benzene rings is 1. The highest BCUT2D eigenvalue weighted by Crippen LogP contribution is 2.28. The summed E-state index contributed by atoms with van der Waals surface area (Å²) < 4.78 is 0. The molecule has 0 atom stereocenters. The third-order valence-corrected chi connectivity index (χ3v) is 5.16. The van der Waals surface area contributed by atoms with Crippen molar-refractivity contribution in [3.8, 4) is 0 Å². The highest BCUT2D eigenvalue weighted by atomic mass is 35.5. The van der Waals surface area contributed by atoms with Crippen molar-refractivity contribution in [2.75, 3.05) is 0 Å². The van der Waals surface area contributed by atoms with Crippen molar-refractivity contribution in [2.45, 2.75) is 51.0 Å². The number of pyridine rings is 1. The average molecular weight is 360 g/mol. The summed E-state index contributed by atoms with van der Waals surface area (Å²) in [4.78, 5) is 29.6. The topological polar surface area (TPSA) is 85.1 Å². The van der Waals surface area contributed by atoms with E-state index < -0.39 is 11.4 Å². The minimum atomic E-state index is -0.969. The molecule has 0 bridgehead atoms. The molecule has 0 aliphatic heterocycles. The van der Waals surface area contributed by atoms with Gasteiger partial charge < -0.3 is 11.1 Å². The van der Waals surface area contributed by atoms with Crippen LogP contribution in [0.5, 0.6) is 0 Å². The molecule has 0 saturated heterocycles. The van der Waals surface area contributed by atoms with E-state index in [0.717, 1.165) is 25.7 Å². The number of nitrogens with one attached hydrogen (secondary N) is 1. The van der Waals surface area contributed by atoms with Gasteiger partial charge >= 0.3 is 0 Å². The monoisotopic (exact) mass is 359 g/mol. The first-order chi connectivity index (χ1) is 11.9. The molecule has 1 fully saturated rings. The zero-order valence-electron chi connectivity index (χ0n) is 14.3. The number of hydrogen-bond acceptors (Lipinski definition) is 3. The molecule has 25 heavy (non-hydrogen) atoms. The lowest BCUT2D eigenvalue weighted by molar-refractivity contribution is -0.124. The van der Waals surface area contributed by atoms with E-state index in [9.17, 15) is 9.59 Å². The van der Waals surface area contributed by atoms with Gasteiger partial charge in [-0.1, -0.05) is 43.4 Å². The molecule has 5 nitrogen and oxygen atoms in total. The summed E-state index contributed by atoms with van der Waals surface area (Å²) >= 11 is 6.04.